The normalized spacial score (nSPS) is 17.6. The molecule has 0 radical (unpaired) electrons. The minimum absolute atomic E-state index is 0.0725. The van der Waals surface area contributed by atoms with Gasteiger partial charge in [-0.15, -0.1) is 11.8 Å². The van der Waals surface area contributed by atoms with E-state index in [0.29, 0.717) is 17.4 Å². The summed E-state index contributed by atoms with van der Waals surface area (Å²) in [5.41, 5.74) is 1.89. The number of carbonyl (C=O) groups excluding carboxylic acids is 1. The van der Waals surface area contributed by atoms with Crippen LogP contribution in [0.5, 0.6) is 5.75 Å². The second-order valence-corrected chi connectivity index (χ2v) is 6.79. The summed E-state index contributed by atoms with van der Waals surface area (Å²) in [5, 5.41) is 0.591. The fraction of sp³-hybridized carbons (Fsp3) is 0.278. The summed E-state index contributed by atoms with van der Waals surface area (Å²) >= 11 is 7.58. The zero-order chi connectivity index (χ0) is 16.2. The number of ether oxygens (including phenoxy) is 1. The lowest BCUT2D eigenvalue weighted by molar-refractivity contribution is -0.115. The number of para-hydroxylation sites is 1. The Kier molecular flexibility index (Phi) is 5.13. The summed E-state index contributed by atoms with van der Waals surface area (Å²) in [7, 11) is 0. The molecule has 5 heteroatoms. The van der Waals surface area contributed by atoms with Crippen LogP contribution in [0.3, 0.4) is 0 Å². The molecule has 1 heterocycles. The van der Waals surface area contributed by atoms with Crippen LogP contribution in [-0.4, -0.2) is 18.3 Å². The van der Waals surface area contributed by atoms with Gasteiger partial charge in [-0.05, 0) is 36.8 Å². The van der Waals surface area contributed by atoms with Gasteiger partial charge in [-0.2, -0.15) is 0 Å². The predicted octanol–water partition coefficient (Wildman–Crippen LogP) is 4.91. The van der Waals surface area contributed by atoms with Crippen LogP contribution in [0.1, 0.15) is 24.3 Å². The van der Waals surface area contributed by atoms with Crippen LogP contribution >= 0.6 is 23.4 Å². The van der Waals surface area contributed by atoms with Gasteiger partial charge >= 0.3 is 0 Å². The lowest BCUT2D eigenvalue weighted by Gasteiger charge is -2.26. The molecule has 0 spiro atoms. The van der Waals surface area contributed by atoms with Crippen molar-refractivity contribution in [2.24, 2.45) is 0 Å². The van der Waals surface area contributed by atoms with Crippen LogP contribution in [0, 0.1) is 0 Å². The number of thioether (sulfide) groups is 1. The Morgan fingerprint density at radius 1 is 1.22 bits per heavy atom. The maximum absolute atomic E-state index is 12.4. The summed E-state index contributed by atoms with van der Waals surface area (Å²) < 4.78 is 5.86. The molecule has 3 nitrogen and oxygen atoms in total. The Bertz CT molecular complexity index is 690. The van der Waals surface area contributed by atoms with Crippen LogP contribution in [0.4, 0.5) is 5.69 Å². The molecule has 120 valence electrons. The summed E-state index contributed by atoms with van der Waals surface area (Å²) in [5.74, 6) is 1.42. The molecule has 0 bridgehead atoms. The van der Waals surface area contributed by atoms with Gasteiger partial charge in [-0.3, -0.25) is 9.69 Å². The first-order chi connectivity index (χ1) is 11.2. The number of hydrogen-bond donors (Lipinski definition) is 0. The molecule has 1 aliphatic rings. The Balaban J connectivity index is 1.95. The van der Waals surface area contributed by atoms with Crippen LogP contribution in [-0.2, 0) is 4.79 Å². The molecule has 23 heavy (non-hydrogen) atoms. The second-order valence-electron chi connectivity index (χ2n) is 5.29. The summed E-state index contributed by atoms with van der Waals surface area (Å²) in [6.45, 7) is 2.75. The van der Waals surface area contributed by atoms with E-state index in [1.807, 2.05) is 53.4 Å². The fourth-order valence-electron chi connectivity index (χ4n) is 2.56. The number of amides is 1. The minimum Gasteiger partial charge on any atom is -0.493 e. The number of nitrogens with zero attached hydrogens (tertiary/aromatic N) is 1. The first kappa shape index (κ1) is 16.2. The van der Waals surface area contributed by atoms with Gasteiger partial charge in [-0.25, -0.2) is 0 Å². The van der Waals surface area contributed by atoms with E-state index < -0.39 is 0 Å². The molecule has 0 unspecified atom stereocenters. The van der Waals surface area contributed by atoms with E-state index in [1.165, 1.54) is 0 Å². The van der Waals surface area contributed by atoms with Crippen molar-refractivity contribution >= 4 is 35.0 Å². The Labute approximate surface area is 145 Å². The van der Waals surface area contributed by atoms with Gasteiger partial charge in [0.05, 0.1) is 12.4 Å². The maximum Gasteiger partial charge on any atom is 0.238 e. The van der Waals surface area contributed by atoms with Gasteiger partial charge in [0.25, 0.3) is 0 Å². The number of anilines is 1. The third-order valence-electron chi connectivity index (χ3n) is 3.62. The fourth-order valence-corrected chi connectivity index (χ4v) is 3.89. The first-order valence-corrected chi connectivity index (χ1v) is 9.04. The zero-order valence-electron chi connectivity index (χ0n) is 12.9. The molecule has 1 aliphatic heterocycles. The number of benzene rings is 2. The van der Waals surface area contributed by atoms with Gasteiger partial charge in [0.2, 0.25) is 5.91 Å². The summed E-state index contributed by atoms with van der Waals surface area (Å²) in [6, 6.07) is 15.3. The average Bonchev–Trinajstić information content (AvgIpc) is 2.95. The second kappa shape index (κ2) is 7.28. The molecule has 1 fully saturated rings. The first-order valence-electron chi connectivity index (χ1n) is 7.61. The maximum atomic E-state index is 12.4. The molecule has 0 aliphatic carbocycles. The Morgan fingerprint density at radius 3 is 2.70 bits per heavy atom. The smallest absolute Gasteiger partial charge is 0.238 e. The van der Waals surface area contributed by atoms with Crippen LogP contribution in [0.15, 0.2) is 48.5 Å². The quantitative estimate of drug-likeness (QED) is 0.769. The van der Waals surface area contributed by atoms with Crippen molar-refractivity contribution in [3.8, 4) is 5.75 Å². The predicted molar refractivity (Wildman–Crippen MR) is 96.4 cm³/mol. The largest absolute Gasteiger partial charge is 0.493 e. The van der Waals surface area contributed by atoms with E-state index in [-0.39, 0.29) is 11.3 Å². The standard InChI is InChI=1S/C18H18ClNO2S/c1-2-11-22-16-6-4-3-5-15(16)18-20(17(21)12-23-18)14-9-7-13(19)8-10-14/h3-10,18H,2,11-12H2,1H3/t18-/m1/s1. The molecule has 1 amide bonds. The zero-order valence-corrected chi connectivity index (χ0v) is 14.4. The van der Waals surface area contributed by atoms with Gasteiger partial charge in [0, 0.05) is 16.3 Å². The highest BCUT2D eigenvalue weighted by Gasteiger charge is 2.35. The van der Waals surface area contributed by atoms with E-state index >= 15 is 0 Å². The van der Waals surface area contributed by atoms with E-state index in [1.54, 1.807) is 11.8 Å². The van der Waals surface area contributed by atoms with Crippen molar-refractivity contribution in [1.82, 2.24) is 0 Å². The van der Waals surface area contributed by atoms with E-state index in [4.69, 9.17) is 16.3 Å². The lowest BCUT2D eigenvalue weighted by atomic mass is 10.1. The van der Waals surface area contributed by atoms with Crippen LogP contribution < -0.4 is 9.64 Å². The van der Waals surface area contributed by atoms with E-state index in [9.17, 15) is 4.79 Å². The van der Waals surface area contributed by atoms with E-state index in [0.717, 1.165) is 23.4 Å². The average molecular weight is 348 g/mol. The molecular formula is C18H18ClNO2S. The van der Waals surface area contributed by atoms with Gasteiger partial charge in [0.15, 0.2) is 0 Å². The third-order valence-corrected chi connectivity index (χ3v) is 5.07. The molecule has 0 N–H and O–H groups in total. The number of rotatable bonds is 5. The van der Waals surface area contributed by atoms with Gasteiger partial charge < -0.3 is 4.74 Å². The topological polar surface area (TPSA) is 29.5 Å². The van der Waals surface area contributed by atoms with Crippen molar-refractivity contribution < 1.29 is 9.53 Å². The van der Waals surface area contributed by atoms with Crippen molar-refractivity contribution in [3.05, 3.63) is 59.1 Å². The molecule has 0 saturated carbocycles. The molecule has 1 atom stereocenters. The van der Waals surface area contributed by atoms with Crippen LogP contribution in [0.25, 0.3) is 0 Å². The van der Waals surface area contributed by atoms with Crippen molar-refractivity contribution in [3.63, 3.8) is 0 Å². The third kappa shape index (κ3) is 3.48. The molecule has 2 aromatic carbocycles. The van der Waals surface area contributed by atoms with Crippen molar-refractivity contribution in [1.29, 1.82) is 0 Å². The Morgan fingerprint density at radius 2 is 1.96 bits per heavy atom. The lowest BCUT2D eigenvalue weighted by Crippen LogP contribution is -2.28. The number of halogens is 1. The summed E-state index contributed by atoms with van der Waals surface area (Å²) in [6.07, 6.45) is 0.950. The monoisotopic (exact) mass is 347 g/mol. The summed E-state index contributed by atoms with van der Waals surface area (Å²) in [4.78, 5) is 14.2. The van der Waals surface area contributed by atoms with E-state index in [2.05, 4.69) is 6.92 Å². The highest BCUT2D eigenvalue weighted by molar-refractivity contribution is 8.00. The molecule has 3 rings (SSSR count). The molecule has 1 saturated heterocycles. The number of hydrogen-bond acceptors (Lipinski definition) is 3. The highest BCUT2D eigenvalue weighted by Crippen LogP contribution is 2.44. The SMILES string of the molecule is CCCOc1ccccc1[C@H]1SCC(=O)N1c1ccc(Cl)cc1. The van der Waals surface area contributed by atoms with Gasteiger partial charge in [0.1, 0.15) is 11.1 Å². The number of carbonyl (C=O) groups is 1. The molecule has 2 aromatic rings. The van der Waals surface area contributed by atoms with Crippen molar-refractivity contribution in [2.75, 3.05) is 17.3 Å². The molecular weight excluding hydrogens is 330 g/mol. The van der Waals surface area contributed by atoms with Gasteiger partial charge in [-0.1, -0.05) is 36.7 Å². The highest BCUT2D eigenvalue weighted by atomic mass is 35.5. The Hall–Kier alpha value is -1.65. The van der Waals surface area contributed by atoms with Crippen molar-refractivity contribution in [2.45, 2.75) is 18.7 Å². The minimum atomic E-state index is -0.0725. The van der Waals surface area contributed by atoms with Crippen LogP contribution in [0.2, 0.25) is 5.02 Å². The molecule has 0 aromatic heterocycles.